The first-order valence-electron chi connectivity index (χ1n) is 8.47. The van der Waals surface area contributed by atoms with Crippen LogP contribution in [-0.2, 0) is 25.5 Å². The maximum atomic E-state index is 12.3. The Labute approximate surface area is 156 Å². The second kappa shape index (κ2) is 9.07. The van der Waals surface area contributed by atoms with E-state index in [1.807, 2.05) is 0 Å². The number of esters is 2. The van der Waals surface area contributed by atoms with Gasteiger partial charge in [-0.15, -0.1) is 0 Å². The van der Waals surface area contributed by atoms with Gasteiger partial charge in [0.25, 0.3) is 0 Å². The third-order valence-corrected chi connectivity index (χ3v) is 3.89. The number of hydrogen-bond acceptors (Lipinski definition) is 8. The zero-order chi connectivity index (χ0) is 20.0. The predicted molar refractivity (Wildman–Crippen MR) is 96.0 cm³/mol. The van der Waals surface area contributed by atoms with Crippen molar-refractivity contribution in [1.82, 2.24) is 0 Å². The van der Waals surface area contributed by atoms with Gasteiger partial charge in [-0.25, -0.2) is 4.79 Å². The third kappa shape index (κ3) is 4.58. The van der Waals surface area contributed by atoms with E-state index in [0.29, 0.717) is 22.4 Å². The lowest BCUT2D eigenvalue weighted by atomic mass is 9.96. The minimum absolute atomic E-state index is 0.0948. The monoisotopic (exact) mass is 378 g/mol. The first kappa shape index (κ1) is 20.3. The summed E-state index contributed by atoms with van der Waals surface area (Å²) in [6, 6.07) is 4.38. The van der Waals surface area contributed by atoms with Crippen LogP contribution in [0.3, 0.4) is 0 Å². The van der Waals surface area contributed by atoms with Gasteiger partial charge in [0, 0.05) is 18.2 Å². The molecule has 8 heteroatoms. The molecule has 8 nitrogen and oxygen atoms in total. The van der Waals surface area contributed by atoms with Gasteiger partial charge in [0.15, 0.2) is 5.92 Å². The fraction of sp³-hybridized carbons (Fsp3) is 0.421. The summed E-state index contributed by atoms with van der Waals surface area (Å²) in [6.07, 6.45) is -0.0948. The minimum atomic E-state index is -1.21. The molecule has 0 aliphatic carbocycles. The van der Waals surface area contributed by atoms with Crippen LogP contribution in [0.5, 0.6) is 11.5 Å². The molecule has 1 aromatic heterocycles. The lowest BCUT2D eigenvalue weighted by molar-refractivity contribution is -0.161. The molecular formula is C19H22O8. The molecule has 0 unspecified atom stereocenters. The Kier molecular flexibility index (Phi) is 6.81. The number of carbonyl (C=O) groups is 2. The molecule has 0 amide bonds. The van der Waals surface area contributed by atoms with Gasteiger partial charge >= 0.3 is 17.6 Å². The van der Waals surface area contributed by atoms with Crippen molar-refractivity contribution in [3.63, 3.8) is 0 Å². The summed E-state index contributed by atoms with van der Waals surface area (Å²) >= 11 is 0. The molecule has 2 aromatic rings. The molecule has 0 aliphatic rings. The van der Waals surface area contributed by atoms with E-state index in [9.17, 15) is 14.4 Å². The summed E-state index contributed by atoms with van der Waals surface area (Å²) < 4.78 is 25.8. The Morgan fingerprint density at radius 3 is 2.15 bits per heavy atom. The Hall–Kier alpha value is -3.03. The highest BCUT2D eigenvalue weighted by molar-refractivity contribution is 5.96. The molecule has 0 bridgehead atoms. The van der Waals surface area contributed by atoms with Crippen LogP contribution in [0.25, 0.3) is 11.0 Å². The van der Waals surface area contributed by atoms with Gasteiger partial charge < -0.3 is 23.4 Å². The van der Waals surface area contributed by atoms with Crippen molar-refractivity contribution in [2.45, 2.75) is 20.3 Å². The second-order valence-corrected chi connectivity index (χ2v) is 5.55. The van der Waals surface area contributed by atoms with Gasteiger partial charge in [0.05, 0.1) is 32.8 Å². The van der Waals surface area contributed by atoms with E-state index in [-0.39, 0.29) is 25.2 Å². The third-order valence-electron chi connectivity index (χ3n) is 3.89. The van der Waals surface area contributed by atoms with Crippen molar-refractivity contribution in [3.8, 4) is 11.5 Å². The SMILES string of the molecule is CCOC(=O)C(Cc1cc(=O)oc2cc(OC)cc(OC)c12)C(=O)OCC. The van der Waals surface area contributed by atoms with Crippen LogP contribution in [0.2, 0.25) is 0 Å². The number of benzene rings is 1. The van der Waals surface area contributed by atoms with Crippen LogP contribution >= 0.6 is 0 Å². The second-order valence-electron chi connectivity index (χ2n) is 5.55. The molecular weight excluding hydrogens is 356 g/mol. The van der Waals surface area contributed by atoms with Gasteiger partial charge in [-0.2, -0.15) is 0 Å². The van der Waals surface area contributed by atoms with Crippen LogP contribution in [0.4, 0.5) is 0 Å². The quantitative estimate of drug-likeness (QED) is 0.391. The number of fused-ring (bicyclic) bond motifs is 1. The Morgan fingerprint density at radius 1 is 1.00 bits per heavy atom. The van der Waals surface area contributed by atoms with E-state index in [2.05, 4.69) is 0 Å². The summed E-state index contributed by atoms with van der Waals surface area (Å²) in [6.45, 7) is 3.52. The van der Waals surface area contributed by atoms with E-state index in [1.54, 1.807) is 19.9 Å². The van der Waals surface area contributed by atoms with Crippen molar-refractivity contribution >= 4 is 22.9 Å². The topological polar surface area (TPSA) is 101 Å². The van der Waals surface area contributed by atoms with Gasteiger partial charge in [-0.05, 0) is 25.8 Å². The van der Waals surface area contributed by atoms with Crippen molar-refractivity contribution in [2.24, 2.45) is 5.92 Å². The number of hydrogen-bond donors (Lipinski definition) is 0. The van der Waals surface area contributed by atoms with Gasteiger partial charge in [0.1, 0.15) is 17.1 Å². The molecule has 2 rings (SSSR count). The van der Waals surface area contributed by atoms with Crippen LogP contribution < -0.4 is 15.1 Å². The summed E-state index contributed by atoms with van der Waals surface area (Å²) in [5.74, 6) is -1.82. The van der Waals surface area contributed by atoms with Crippen LogP contribution in [-0.4, -0.2) is 39.4 Å². The molecule has 0 spiro atoms. The lowest BCUT2D eigenvalue weighted by Crippen LogP contribution is -2.30. The molecule has 0 saturated heterocycles. The Morgan fingerprint density at radius 2 is 1.63 bits per heavy atom. The maximum absolute atomic E-state index is 12.3. The fourth-order valence-corrected chi connectivity index (χ4v) is 2.72. The first-order valence-corrected chi connectivity index (χ1v) is 8.47. The molecule has 1 heterocycles. The van der Waals surface area contributed by atoms with Gasteiger partial charge in [-0.1, -0.05) is 0 Å². The molecule has 0 fully saturated rings. The van der Waals surface area contributed by atoms with E-state index in [1.165, 1.54) is 26.4 Å². The molecule has 0 atom stereocenters. The average Bonchev–Trinajstić information content (AvgIpc) is 2.64. The van der Waals surface area contributed by atoms with Crippen molar-refractivity contribution in [3.05, 3.63) is 34.2 Å². The first-order chi connectivity index (χ1) is 12.9. The molecule has 1 aromatic carbocycles. The molecule has 146 valence electrons. The molecule has 0 saturated carbocycles. The van der Waals surface area contributed by atoms with Crippen molar-refractivity contribution in [1.29, 1.82) is 0 Å². The smallest absolute Gasteiger partial charge is 0.336 e. The number of carbonyl (C=O) groups excluding carboxylic acids is 2. The molecule has 0 aliphatic heterocycles. The van der Waals surface area contributed by atoms with E-state index in [4.69, 9.17) is 23.4 Å². The Bertz CT molecular complexity index is 865. The lowest BCUT2D eigenvalue weighted by Gasteiger charge is -2.16. The summed E-state index contributed by atoms with van der Waals surface area (Å²) in [4.78, 5) is 36.5. The van der Waals surface area contributed by atoms with Crippen molar-refractivity contribution < 1.29 is 33.0 Å². The highest BCUT2D eigenvalue weighted by atomic mass is 16.6. The van der Waals surface area contributed by atoms with E-state index < -0.39 is 23.5 Å². The standard InChI is InChI=1S/C19H22O8/c1-5-25-18(21)13(19(22)26-6-2)7-11-8-16(20)27-15-10-12(23-3)9-14(24-4)17(11)15/h8-10,13H,5-7H2,1-4H3. The van der Waals surface area contributed by atoms with Crippen LogP contribution in [0, 0.1) is 5.92 Å². The number of methoxy groups -OCH3 is 2. The van der Waals surface area contributed by atoms with Gasteiger partial charge in [-0.3, -0.25) is 9.59 Å². The fourth-order valence-electron chi connectivity index (χ4n) is 2.72. The van der Waals surface area contributed by atoms with Crippen LogP contribution in [0.1, 0.15) is 19.4 Å². The zero-order valence-corrected chi connectivity index (χ0v) is 15.7. The van der Waals surface area contributed by atoms with E-state index >= 15 is 0 Å². The average molecular weight is 378 g/mol. The predicted octanol–water partition coefficient (Wildman–Crippen LogP) is 2.10. The van der Waals surface area contributed by atoms with Crippen LogP contribution in [0.15, 0.2) is 27.4 Å². The molecule has 0 radical (unpaired) electrons. The minimum Gasteiger partial charge on any atom is -0.496 e. The zero-order valence-electron chi connectivity index (χ0n) is 15.7. The largest absolute Gasteiger partial charge is 0.496 e. The number of ether oxygens (including phenoxy) is 4. The summed E-state index contributed by atoms with van der Waals surface area (Å²) in [5.41, 5.74) is 0.00583. The maximum Gasteiger partial charge on any atom is 0.336 e. The summed E-state index contributed by atoms with van der Waals surface area (Å²) in [7, 11) is 2.93. The Balaban J connectivity index is 2.59. The highest BCUT2D eigenvalue weighted by Gasteiger charge is 2.31. The van der Waals surface area contributed by atoms with Gasteiger partial charge in [0.2, 0.25) is 0 Å². The van der Waals surface area contributed by atoms with E-state index in [0.717, 1.165) is 0 Å². The number of rotatable bonds is 8. The summed E-state index contributed by atoms with van der Waals surface area (Å²) in [5, 5.41) is 0.469. The normalized spacial score (nSPS) is 10.7. The molecule has 0 N–H and O–H groups in total. The highest BCUT2D eigenvalue weighted by Crippen LogP contribution is 2.34. The molecule has 27 heavy (non-hydrogen) atoms. The van der Waals surface area contributed by atoms with Crippen molar-refractivity contribution in [2.75, 3.05) is 27.4 Å².